The first-order valence-corrected chi connectivity index (χ1v) is 13.9. The molecular formula is C27H21BrCl2N2O4S2. The number of thiocarbonyl (C=S) groups is 1. The molecule has 1 heterocycles. The number of nitrogens with one attached hydrogen (secondary N) is 1. The zero-order chi connectivity index (χ0) is 27.6. The number of halogens is 3. The van der Waals surface area contributed by atoms with Gasteiger partial charge < -0.3 is 14.8 Å². The van der Waals surface area contributed by atoms with E-state index >= 15 is 0 Å². The van der Waals surface area contributed by atoms with Crippen LogP contribution in [0.15, 0.2) is 57.9 Å². The van der Waals surface area contributed by atoms with Gasteiger partial charge in [-0.25, -0.2) is 0 Å². The van der Waals surface area contributed by atoms with Gasteiger partial charge in [-0.2, -0.15) is 0 Å². The highest BCUT2D eigenvalue weighted by Gasteiger charge is 2.33. The molecule has 3 aromatic carbocycles. The van der Waals surface area contributed by atoms with E-state index in [1.54, 1.807) is 42.5 Å². The number of hydrogen-bond acceptors (Lipinski definition) is 6. The first kappa shape index (κ1) is 28.4. The van der Waals surface area contributed by atoms with E-state index in [0.29, 0.717) is 47.7 Å². The summed E-state index contributed by atoms with van der Waals surface area (Å²) in [5.41, 5.74) is 4.09. The maximum absolute atomic E-state index is 13.1. The predicted molar refractivity (Wildman–Crippen MR) is 163 cm³/mol. The van der Waals surface area contributed by atoms with Gasteiger partial charge in [0, 0.05) is 4.47 Å². The van der Waals surface area contributed by atoms with Crippen LogP contribution in [0.4, 0.5) is 11.4 Å². The van der Waals surface area contributed by atoms with Crippen LogP contribution in [0, 0.1) is 13.8 Å². The van der Waals surface area contributed by atoms with Crippen LogP contribution < -0.4 is 19.7 Å². The summed E-state index contributed by atoms with van der Waals surface area (Å²) < 4.78 is 12.4. The van der Waals surface area contributed by atoms with Gasteiger partial charge in [-0.15, -0.1) is 0 Å². The summed E-state index contributed by atoms with van der Waals surface area (Å²) in [5.74, 6) is 0.221. The van der Waals surface area contributed by atoms with E-state index in [-0.39, 0.29) is 18.4 Å². The van der Waals surface area contributed by atoms with Crippen LogP contribution in [0.1, 0.15) is 16.7 Å². The third-order valence-corrected chi connectivity index (χ3v) is 8.35. The van der Waals surface area contributed by atoms with Gasteiger partial charge in [-0.3, -0.25) is 14.5 Å². The number of nitrogens with zero attached hydrogens (tertiary/aromatic N) is 1. The summed E-state index contributed by atoms with van der Waals surface area (Å²) in [6.07, 6.45) is 1.72. The van der Waals surface area contributed by atoms with E-state index in [4.69, 9.17) is 44.9 Å². The van der Waals surface area contributed by atoms with Crippen molar-refractivity contribution in [1.29, 1.82) is 0 Å². The standard InChI is InChI=1S/C27H21BrCl2N2O4S2/c1-14-8-18(28)21(9-15(14)2)31-25(33)13-36-22-7-4-16(10-23(22)35-3)11-24-26(34)32(27(37)38-24)17-5-6-19(29)20(30)12-17/h4-12H,13H2,1-3H3,(H,31,33)/b24-11-. The Bertz CT molecular complexity index is 1500. The molecule has 1 aliphatic heterocycles. The molecule has 4 rings (SSSR count). The monoisotopic (exact) mass is 650 g/mol. The van der Waals surface area contributed by atoms with Crippen molar-refractivity contribution < 1.29 is 19.1 Å². The molecule has 0 bridgehead atoms. The molecule has 11 heteroatoms. The van der Waals surface area contributed by atoms with Gasteiger partial charge in [-0.05, 0) is 95.0 Å². The second kappa shape index (κ2) is 12.1. The summed E-state index contributed by atoms with van der Waals surface area (Å²) >= 11 is 22.2. The van der Waals surface area contributed by atoms with Crippen molar-refractivity contribution in [2.45, 2.75) is 13.8 Å². The van der Waals surface area contributed by atoms with Gasteiger partial charge in [-0.1, -0.05) is 53.2 Å². The first-order chi connectivity index (χ1) is 18.1. The molecule has 0 aromatic heterocycles. The number of rotatable bonds is 7. The Morgan fingerprint density at radius 3 is 2.53 bits per heavy atom. The van der Waals surface area contributed by atoms with Crippen molar-refractivity contribution >= 4 is 96.7 Å². The lowest BCUT2D eigenvalue weighted by atomic mass is 10.1. The van der Waals surface area contributed by atoms with Crippen molar-refractivity contribution in [3.63, 3.8) is 0 Å². The maximum Gasteiger partial charge on any atom is 0.270 e. The van der Waals surface area contributed by atoms with E-state index < -0.39 is 0 Å². The summed E-state index contributed by atoms with van der Waals surface area (Å²) in [6.45, 7) is 3.77. The highest BCUT2D eigenvalue weighted by molar-refractivity contribution is 9.10. The van der Waals surface area contributed by atoms with Gasteiger partial charge >= 0.3 is 0 Å². The van der Waals surface area contributed by atoms with Crippen molar-refractivity contribution in [2.24, 2.45) is 0 Å². The highest BCUT2D eigenvalue weighted by Crippen LogP contribution is 2.39. The lowest BCUT2D eigenvalue weighted by molar-refractivity contribution is -0.118. The second-order valence-corrected chi connectivity index (χ2v) is 11.6. The Hall–Kier alpha value is -2.56. The minimum absolute atomic E-state index is 0.211. The zero-order valence-corrected chi connectivity index (χ0v) is 25.2. The fourth-order valence-electron chi connectivity index (χ4n) is 3.57. The van der Waals surface area contributed by atoms with Crippen LogP contribution >= 0.6 is 63.1 Å². The molecule has 0 radical (unpaired) electrons. The van der Waals surface area contributed by atoms with Crippen LogP contribution in [-0.4, -0.2) is 29.9 Å². The molecule has 0 spiro atoms. The number of aryl methyl sites for hydroxylation is 2. The number of ether oxygens (including phenoxy) is 2. The summed E-state index contributed by atoms with van der Waals surface area (Å²) in [4.78, 5) is 27.5. The van der Waals surface area contributed by atoms with Crippen LogP contribution in [0.3, 0.4) is 0 Å². The third-order valence-electron chi connectivity index (χ3n) is 5.66. The van der Waals surface area contributed by atoms with Crippen LogP contribution in [0.2, 0.25) is 10.0 Å². The molecule has 0 aliphatic carbocycles. The smallest absolute Gasteiger partial charge is 0.270 e. The number of carbonyl (C=O) groups excluding carboxylic acids is 2. The minimum Gasteiger partial charge on any atom is -0.493 e. The van der Waals surface area contributed by atoms with Gasteiger partial charge in [0.25, 0.3) is 11.8 Å². The fraction of sp³-hybridized carbons (Fsp3) is 0.148. The Labute approximate surface area is 248 Å². The van der Waals surface area contributed by atoms with Crippen molar-refractivity contribution in [1.82, 2.24) is 0 Å². The SMILES string of the molecule is COc1cc(/C=C2\SC(=S)N(c3ccc(Cl)c(Cl)c3)C2=O)ccc1OCC(=O)Nc1cc(C)c(C)cc1Br. The van der Waals surface area contributed by atoms with E-state index in [0.717, 1.165) is 15.6 Å². The van der Waals surface area contributed by atoms with E-state index in [1.807, 2.05) is 26.0 Å². The van der Waals surface area contributed by atoms with E-state index in [2.05, 4.69) is 21.2 Å². The second-order valence-electron chi connectivity index (χ2n) is 8.28. The third kappa shape index (κ3) is 6.35. The molecular weight excluding hydrogens is 631 g/mol. The summed E-state index contributed by atoms with van der Waals surface area (Å²) in [5, 5.41) is 3.57. The van der Waals surface area contributed by atoms with Crippen LogP contribution in [-0.2, 0) is 9.59 Å². The topological polar surface area (TPSA) is 67.9 Å². The predicted octanol–water partition coefficient (Wildman–Crippen LogP) is 7.80. The zero-order valence-electron chi connectivity index (χ0n) is 20.4. The number of hydrogen-bond donors (Lipinski definition) is 1. The number of benzene rings is 3. The lowest BCUT2D eigenvalue weighted by Gasteiger charge is -2.15. The molecule has 0 unspecified atom stereocenters. The molecule has 1 N–H and O–H groups in total. The maximum atomic E-state index is 13.1. The molecule has 2 amide bonds. The largest absolute Gasteiger partial charge is 0.493 e. The van der Waals surface area contributed by atoms with Gasteiger partial charge in [0.15, 0.2) is 22.4 Å². The summed E-state index contributed by atoms with van der Waals surface area (Å²) in [7, 11) is 1.50. The molecule has 3 aromatic rings. The van der Waals surface area contributed by atoms with Crippen LogP contribution in [0.5, 0.6) is 11.5 Å². The Balaban J connectivity index is 1.46. The molecule has 6 nitrogen and oxygen atoms in total. The lowest BCUT2D eigenvalue weighted by Crippen LogP contribution is -2.27. The van der Waals surface area contributed by atoms with Crippen molar-refractivity contribution in [3.05, 3.63) is 84.6 Å². The molecule has 1 aliphatic rings. The van der Waals surface area contributed by atoms with Gasteiger partial charge in [0.2, 0.25) is 0 Å². The highest BCUT2D eigenvalue weighted by atomic mass is 79.9. The van der Waals surface area contributed by atoms with Crippen molar-refractivity contribution in [2.75, 3.05) is 23.9 Å². The molecule has 0 atom stereocenters. The Kier molecular flexibility index (Phi) is 9.05. The first-order valence-electron chi connectivity index (χ1n) is 11.2. The number of methoxy groups -OCH3 is 1. The quantitative estimate of drug-likeness (QED) is 0.208. The number of anilines is 2. The average molecular weight is 652 g/mol. The normalized spacial score (nSPS) is 14.3. The molecule has 196 valence electrons. The number of carbonyl (C=O) groups is 2. The van der Waals surface area contributed by atoms with E-state index in [9.17, 15) is 9.59 Å². The Morgan fingerprint density at radius 2 is 1.82 bits per heavy atom. The molecule has 1 saturated heterocycles. The minimum atomic E-state index is -0.314. The Morgan fingerprint density at radius 1 is 1.08 bits per heavy atom. The van der Waals surface area contributed by atoms with Crippen LogP contribution in [0.25, 0.3) is 6.08 Å². The fourth-order valence-corrected chi connectivity index (χ4v) is 5.71. The molecule has 1 fully saturated rings. The van der Waals surface area contributed by atoms with Gasteiger partial charge in [0.05, 0.1) is 33.4 Å². The van der Waals surface area contributed by atoms with Gasteiger partial charge in [0.1, 0.15) is 0 Å². The van der Waals surface area contributed by atoms with Crippen molar-refractivity contribution in [3.8, 4) is 11.5 Å². The molecule has 0 saturated carbocycles. The molecule has 38 heavy (non-hydrogen) atoms. The summed E-state index contributed by atoms with van der Waals surface area (Å²) in [6, 6.07) is 13.9. The number of amides is 2. The van der Waals surface area contributed by atoms with E-state index in [1.165, 1.54) is 23.8 Å². The average Bonchev–Trinajstić information content (AvgIpc) is 3.15. The number of thioether (sulfide) groups is 1.